The fourth-order valence-electron chi connectivity index (χ4n) is 5.52. The lowest BCUT2D eigenvalue weighted by Crippen LogP contribution is -2.48. The maximum Gasteiger partial charge on any atom is 0.433 e. The van der Waals surface area contributed by atoms with E-state index in [1.807, 2.05) is 0 Å². The minimum absolute atomic E-state index is 0.00586. The zero-order valence-corrected chi connectivity index (χ0v) is 20.1. The van der Waals surface area contributed by atoms with Gasteiger partial charge in [0.1, 0.15) is 23.1 Å². The number of hydrogen-bond acceptors (Lipinski definition) is 7. The number of pyridine rings is 1. The van der Waals surface area contributed by atoms with Crippen LogP contribution < -0.4 is 10.6 Å². The number of fused-ring (bicyclic) bond motifs is 4. The van der Waals surface area contributed by atoms with Gasteiger partial charge in [-0.15, -0.1) is 0 Å². The van der Waals surface area contributed by atoms with Gasteiger partial charge in [-0.1, -0.05) is 0 Å². The van der Waals surface area contributed by atoms with Crippen molar-refractivity contribution in [1.29, 1.82) is 0 Å². The number of rotatable bonds is 7. The minimum Gasteiger partial charge on any atom is -0.481 e. The monoisotopic (exact) mass is 517 g/mol. The van der Waals surface area contributed by atoms with E-state index in [0.717, 1.165) is 31.5 Å². The molecule has 3 N–H and O–H groups in total. The Kier molecular flexibility index (Phi) is 6.03. The first-order valence-corrected chi connectivity index (χ1v) is 12.0. The number of hydrogen-bond donors (Lipinski definition) is 3. The first-order valence-electron chi connectivity index (χ1n) is 12.0. The number of anilines is 1. The van der Waals surface area contributed by atoms with Crippen LogP contribution in [0.15, 0.2) is 24.7 Å². The fourth-order valence-corrected chi connectivity index (χ4v) is 5.52. The van der Waals surface area contributed by atoms with E-state index in [4.69, 9.17) is 0 Å². The number of carboxylic acid groups (broad SMARTS) is 1. The molecule has 2 bridgehead atoms. The summed E-state index contributed by atoms with van der Waals surface area (Å²) in [7, 11) is 1.66. The van der Waals surface area contributed by atoms with E-state index in [-0.39, 0.29) is 23.2 Å². The van der Waals surface area contributed by atoms with E-state index < -0.39 is 29.2 Å². The molecule has 3 aromatic rings. The number of carboxylic acids is 1. The molecule has 6 rings (SSSR count). The van der Waals surface area contributed by atoms with Crippen LogP contribution in [-0.2, 0) is 24.6 Å². The normalized spacial score (nSPS) is 23.2. The molecule has 3 fully saturated rings. The van der Waals surface area contributed by atoms with Gasteiger partial charge >= 0.3 is 12.1 Å². The van der Waals surface area contributed by atoms with Gasteiger partial charge in [0, 0.05) is 26.3 Å². The third-order valence-corrected chi connectivity index (χ3v) is 7.89. The Bertz CT molecular complexity index is 1350. The van der Waals surface area contributed by atoms with Crippen molar-refractivity contribution in [3.8, 4) is 0 Å². The second kappa shape index (κ2) is 8.96. The minimum atomic E-state index is -4.58. The molecule has 3 aromatic heterocycles. The van der Waals surface area contributed by atoms with Crippen LogP contribution in [0.3, 0.4) is 0 Å². The quantitative estimate of drug-likeness (QED) is 0.433. The lowest BCUT2D eigenvalue weighted by molar-refractivity contribution is -0.158. The number of aryl methyl sites for hydroxylation is 1. The van der Waals surface area contributed by atoms with E-state index in [2.05, 4.69) is 30.7 Å². The first kappa shape index (κ1) is 24.9. The summed E-state index contributed by atoms with van der Waals surface area (Å²) in [4.78, 5) is 36.4. The molecule has 3 aliphatic carbocycles. The number of halogens is 3. The van der Waals surface area contributed by atoms with Gasteiger partial charge in [0.2, 0.25) is 0 Å². The van der Waals surface area contributed by atoms with Crippen LogP contribution in [0, 0.1) is 10.8 Å². The zero-order valence-electron chi connectivity index (χ0n) is 20.1. The standard InChI is InChI=1S/C24H26F3N7O3/c1-34-18-16(19(33-34)30-12-22-3-6-23(7-4-22,8-5-22)21(36)37)31-13-32-17(18)20(35)29-11-14-2-9-28-15(10-14)24(25,26)27/h2,9-10,13H,3-8,11-12H2,1H3,(H,29,35)(H,30,33)(H,36,37). The Morgan fingerprint density at radius 2 is 1.81 bits per heavy atom. The lowest BCUT2D eigenvalue weighted by atomic mass is 9.53. The van der Waals surface area contributed by atoms with E-state index in [1.54, 1.807) is 7.05 Å². The van der Waals surface area contributed by atoms with Gasteiger partial charge in [-0.05, 0) is 61.6 Å². The van der Waals surface area contributed by atoms with Crippen LogP contribution >= 0.6 is 0 Å². The van der Waals surface area contributed by atoms with E-state index >= 15 is 0 Å². The first-order chi connectivity index (χ1) is 17.5. The van der Waals surface area contributed by atoms with Gasteiger partial charge in [0.15, 0.2) is 11.5 Å². The average Bonchev–Trinajstić information content (AvgIpc) is 3.22. The number of aliphatic carboxylic acids is 1. The number of carbonyl (C=O) groups excluding carboxylic acids is 1. The smallest absolute Gasteiger partial charge is 0.433 e. The molecule has 0 unspecified atom stereocenters. The van der Waals surface area contributed by atoms with Crippen LogP contribution in [0.2, 0.25) is 0 Å². The Labute approximate surface area is 209 Å². The van der Waals surface area contributed by atoms with E-state index in [0.29, 0.717) is 42.7 Å². The molecule has 196 valence electrons. The maximum atomic E-state index is 12.9. The number of alkyl halides is 3. The Balaban J connectivity index is 1.30. The maximum absolute atomic E-state index is 12.9. The molecule has 13 heteroatoms. The highest BCUT2D eigenvalue weighted by Gasteiger charge is 2.52. The number of carbonyl (C=O) groups is 2. The highest BCUT2D eigenvalue weighted by atomic mass is 19.4. The molecular weight excluding hydrogens is 491 g/mol. The van der Waals surface area contributed by atoms with Crippen molar-refractivity contribution in [2.75, 3.05) is 11.9 Å². The molecule has 1 amide bonds. The summed E-state index contributed by atoms with van der Waals surface area (Å²) in [5.41, 5.74) is -0.475. The molecule has 0 aromatic carbocycles. The van der Waals surface area contributed by atoms with Gasteiger partial charge in [0.25, 0.3) is 5.91 Å². The number of nitrogens with zero attached hydrogens (tertiary/aromatic N) is 5. The number of nitrogens with one attached hydrogen (secondary N) is 2. The van der Waals surface area contributed by atoms with Crippen molar-refractivity contribution in [2.24, 2.45) is 17.9 Å². The largest absolute Gasteiger partial charge is 0.481 e. The molecule has 3 aliphatic rings. The number of amides is 1. The summed E-state index contributed by atoms with van der Waals surface area (Å²) in [5.74, 6) is -0.778. The van der Waals surface area contributed by atoms with Crippen molar-refractivity contribution in [1.82, 2.24) is 30.0 Å². The molecule has 3 heterocycles. The van der Waals surface area contributed by atoms with Crippen LogP contribution in [0.4, 0.5) is 19.0 Å². The molecule has 10 nitrogen and oxygen atoms in total. The molecule has 0 saturated heterocycles. The van der Waals surface area contributed by atoms with Crippen molar-refractivity contribution >= 4 is 28.7 Å². The highest BCUT2D eigenvalue weighted by Crippen LogP contribution is 2.57. The van der Waals surface area contributed by atoms with E-state index in [9.17, 15) is 27.9 Å². The van der Waals surface area contributed by atoms with Gasteiger partial charge in [-0.3, -0.25) is 19.3 Å². The van der Waals surface area contributed by atoms with Crippen LogP contribution in [0.5, 0.6) is 0 Å². The van der Waals surface area contributed by atoms with Crippen molar-refractivity contribution in [3.63, 3.8) is 0 Å². The Hall–Kier alpha value is -3.77. The molecule has 0 radical (unpaired) electrons. The van der Waals surface area contributed by atoms with Crippen LogP contribution in [0.25, 0.3) is 11.0 Å². The molecule has 3 saturated carbocycles. The second-order valence-electron chi connectivity index (χ2n) is 10.1. The van der Waals surface area contributed by atoms with Gasteiger partial charge in [0.05, 0.1) is 5.41 Å². The summed E-state index contributed by atoms with van der Waals surface area (Å²) in [6.07, 6.45) is 2.20. The molecule has 37 heavy (non-hydrogen) atoms. The summed E-state index contributed by atoms with van der Waals surface area (Å²) >= 11 is 0. The third kappa shape index (κ3) is 4.58. The van der Waals surface area contributed by atoms with Crippen molar-refractivity contribution in [3.05, 3.63) is 41.6 Å². The number of aromatic nitrogens is 5. The predicted octanol–water partition coefficient (Wildman–Crippen LogP) is 3.54. The summed E-state index contributed by atoms with van der Waals surface area (Å²) in [6.45, 7) is 0.475. The van der Waals surface area contributed by atoms with E-state index in [1.165, 1.54) is 17.1 Å². The molecule has 0 atom stereocenters. The van der Waals surface area contributed by atoms with Gasteiger partial charge in [-0.2, -0.15) is 18.3 Å². The van der Waals surface area contributed by atoms with Gasteiger partial charge < -0.3 is 15.7 Å². The predicted molar refractivity (Wildman–Crippen MR) is 125 cm³/mol. The molecular formula is C24H26F3N7O3. The van der Waals surface area contributed by atoms with Crippen molar-refractivity contribution < 1.29 is 27.9 Å². The van der Waals surface area contributed by atoms with Crippen LogP contribution in [0.1, 0.15) is 60.3 Å². The SMILES string of the molecule is Cn1nc(NCC23CCC(C(=O)O)(CC2)CC3)c2ncnc(C(=O)NCc3ccnc(C(F)(F)F)c3)c21. The fraction of sp³-hybridized carbons (Fsp3) is 0.500. The van der Waals surface area contributed by atoms with Gasteiger partial charge in [-0.25, -0.2) is 9.97 Å². The average molecular weight is 518 g/mol. The molecule has 0 aliphatic heterocycles. The topological polar surface area (TPSA) is 135 Å². The second-order valence-corrected chi connectivity index (χ2v) is 10.1. The van der Waals surface area contributed by atoms with Crippen LogP contribution in [-0.4, -0.2) is 48.3 Å². The highest BCUT2D eigenvalue weighted by molar-refractivity contribution is 6.05. The van der Waals surface area contributed by atoms with Crippen molar-refractivity contribution in [2.45, 2.75) is 51.2 Å². The summed E-state index contributed by atoms with van der Waals surface area (Å²) in [6, 6.07) is 2.28. The lowest BCUT2D eigenvalue weighted by Gasteiger charge is -2.51. The molecule has 0 spiro atoms. The third-order valence-electron chi connectivity index (χ3n) is 7.89. The summed E-state index contributed by atoms with van der Waals surface area (Å²) < 4.78 is 40.3. The Morgan fingerprint density at radius 1 is 1.11 bits per heavy atom. The summed E-state index contributed by atoms with van der Waals surface area (Å²) in [5, 5.41) is 20.1. The Morgan fingerprint density at radius 3 is 2.46 bits per heavy atom. The zero-order chi connectivity index (χ0) is 26.4.